The lowest BCUT2D eigenvalue weighted by atomic mass is 9.98. The molecular formula is C19H22O4. The fourth-order valence-electron chi connectivity index (χ4n) is 2.56. The van der Waals surface area contributed by atoms with Crippen molar-refractivity contribution in [2.45, 2.75) is 26.2 Å². The highest BCUT2D eigenvalue weighted by atomic mass is 16.5. The normalized spacial score (nSPS) is 12.0. The predicted octanol–water partition coefficient (Wildman–Crippen LogP) is 4.01. The first kappa shape index (κ1) is 17.0. The lowest BCUT2D eigenvalue weighted by molar-refractivity contribution is -0.145. The van der Waals surface area contributed by atoms with Gasteiger partial charge >= 0.3 is 5.97 Å². The monoisotopic (exact) mass is 314 g/mol. The number of methoxy groups -OCH3 is 2. The Labute approximate surface area is 136 Å². The van der Waals surface area contributed by atoms with Gasteiger partial charge in [0.25, 0.3) is 0 Å². The summed E-state index contributed by atoms with van der Waals surface area (Å²) in [5.74, 6) is 0.502. The molecule has 0 fully saturated rings. The third kappa shape index (κ3) is 4.31. The largest absolute Gasteiger partial charge is 0.497 e. The molecule has 0 saturated carbocycles. The maximum atomic E-state index is 12.3. The first-order valence-electron chi connectivity index (χ1n) is 7.74. The van der Waals surface area contributed by atoms with Gasteiger partial charge in [-0.3, -0.25) is 9.59 Å². The molecule has 4 heteroatoms. The summed E-state index contributed by atoms with van der Waals surface area (Å²) in [6.07, 6.45) is 1.77. The number of hydrogen-bond donors (Lipinski definition) is 0. The Morgan fingerprint density at radius 1 is 1.04 bits per heavy atom. The molecule has 2 aromatic rings. The second kappa shape index (κ2) is 7.77. The number of benzene rings is 2. The summed E-state index contributed by atoms with van der Waals surface area (Å²) in [6, 6.07) is 11.5. The number of carbonyl (C=O) groups is 2. The van der Waals surface area contributed by atoms with Crippen LogP contribution in [0.25, 0.3) is 10.8 Å². The van der Waals surface area contributed by atoms with E-state index in [1.54, 1.807) is 7.11 Å². The van der Waals surface area contributed by atoms with Gasteiger partial charge < -0.3 is 9.47 Å². The Kier molecular flexibility index (Phi) is 5.74. The Bertz CT molecular complexity index is 706. The number of carbonyl (C=O) groups excluding carboxylic acids is 2. The van der Waals surface area contributed by atoms with Crippen LogP contribution in [0.15, 0.2) is 36.4 Å². The molecular weight excluding hydrogens is 292 g/mol. The first-order chi connectivity index (χ1) is 11.0. The van der Waals surface area contributed by atoms with Crippen molar-refractivity contribution >= 4 is 22.5 Å². The Hall–Kier alpha value is -2.36. The standard InChI is InChI=1S/C19H22O4/c1-13(19(21)23-3)5-4-6-18(20)16-8-7-15-12-17(22-2)10-9-14(15)11-16/h7-13H,4-6H2,1-3H3/t13-/m0/s1. The molecule has 0 spiro atoms. The molecule has 0 aliphatic heterocycles. The summed E-state index contributed by atoms with van der Waals surface area (Å²) in [5.41, 5.74) is 0.702. The molecule has 0 unspecified atom stereocenters. The molecule has 23 heavy (non-hydrogen) atoms. The van der Waals surface area contributed by atoms with E-state index in [4.69, 9.17) is 4.74 Å². The van der Waals surface area contributed by atoms with E-state index in [0.29, 0.717) is 24.8 Å². The molecule has 0 saturated heterocycles. The van der Waals surface area contributed by atoms with Crippen molar-refractivity contribution in [3.05, 3.63) is 42.0 Å². The highest BCUT2D eigenvalue weighted by Crippen LogP contribution is 2.23. The summed E-state index contributed by atoms with van der Waals surface area (Å²) in [5, 5.41) is 2.06. The molecule has 0 aliphatic rings. The van der Waals surface area contributed by atoms with Crippen molar-refractivity contribution < 1.29 is 19.1 Å². The Morgan fingerprint density at radius 3 is 2.43 bits per heavy atom. The van der Waals surface area contributed by atoms with Crippen LogP contribution in [0.5, 0.6) is 5.75 Å². The van der Waals surface area contributed by atoms with Crippen molar-refractivity contribution in [2.75, 3.05) is 14.2 Å². The van der Waals surface area contributed by atoms with E-state index in [9.17, 15) is 9.59 Å². The molecule has 1 atom stereocenters. The molecule has 0 bridgehead atoms. The van der Waals surface area contributed by atoms with E-state index in [-0.39, 0.29) is 17.7 Å². The van der Waals surface area contributed by atoms with Crippen LogP contribution < -0.4 is 4.74 Å². The highest BCUT2D eigenvalue weighted by Gasteiger charge is 2.14. The molecule has 2 rings (SSSR count). The summed E-state index contributed by atoms with van der Waals surface area (Å²) >= 11 is 0. The third-order valence-electron chi connectivity index (χ3n) is 4.01. The van der Waals surface area contributed by atoms with E-state index in [2.05, 4.69) is 4.74 Å². The van der Waals surface area contributed by atoms with Gasteiger partial charge in [-0.1, -0.05) is 25.1 Å². The molecule has 0 amide bonds. The predicted molar refractivity (Wildman–Crippen MR) is 89.9 cm³/mol. The maximum Gasteiger partial charge on any atom is 0.308 e. The van der Waals surface area contributed by atoms with Crippen molar-refractivity contribution in [1.29, 1.82) is 0 Å². The summed E-state index contributed by atoms with van der Waals surface area (Å²) in [7, 11) is 3.02. The van der Waals surface area contributed by atoms with Gasteiger partial charge in [0.15, 0.2) is 5.78 Å². The van der Waals surface area contributed by atoms with Crippen molar-refractivity contribution in [1.82, 2.24) is 0 Å². The molecule has 0 aliphatic carbocycles. The van der Waals surface area contributed by atoms with Gasteiger partial charge in [-0.15, -0.1) is 0 Å². The average Bonchev–Trinajstić information content (AvgIpc) is 2.59. The van der Waals surface area contributed by atoms with Gasteiger partial charge in [-0.25, -0.2) is 0 Å². The van der Waals surface area contributed by atoms with Gasteiger partial charge in [0, 0.05) is 12.0 Å². The smallest absolute Gasteiger partial charge is 0.308 e. The van der Waals surface area contributed by atoms with E-state index in [0.717, 1.165) is 16.5 Å². The quantitative estimate of drug-likeness (QED) is 0.572. The van der Waals surface area contributed by atoms with Crippen molar-refractivity contribution in [3.8, 4) is 5.75 Å². The summed E-state index contributed by atoms with van der Waals surface area (Å²) in [6.45, 7) is 1.82. The Balaban J connectivity index is 1.99. The van der Waals surface area contributed by atoms with Crippen LogP contribution in [0.2, 0.25) is 0 Å². The van der Waals surface area contributed by atoms with Crippen LogP contribution >= 0.6 is 0 Å². The maximum absolute atomic E-state index is 12.3. The van der Waals surface area contributed by atoms with E-state index < -0.39 is 0 Å². The van der Waals surface area contributed by atoms with Crippen molar-refractivity contribution in [3.63, 3.8) is 0 Å². The van der Waals surface area contributed by atoms with Gasteiger partial charge in [-0.2, -0.15) is 0 Å². The number of fused-ring (bicyclic) bond motifs is 1. The van der Waals surface area contributed by atoms with E-state index in [1.165, 1.54) is 7.11 Å². The van der Waals surface area contributed by atoms with Crippen LogP contribution in [0.1, 0.15) is 36.5 Å². The molecule has 2 aromatic carbocycles. The number of ether oxygens (including phenoxy) is 2. The minimum Gasteiger partial charge on any atom is -0.497 e. The Morgan fingerprint density at radius 2 is 1.74 bits per heavy atom. The minimum absolute atomic E-state index is 0.0970. The number of rotatable bonds is 7. The molecule has 0 heterocycles. The van der Waals surface area contributed by atoms with Crippen LogP contribution in [0.3, 0.4) is 0 Å². The molecule has 0 aromatic heterocycles. The zero-order chi connectivity index (χ0) is 16.8. The van der Waals surface area contributed by atoms with Crippen LogP contribution in [-0.4, -0.2) is 26.0 Å². The van der Waals surface area contributed by atoms with Gasteiger partial charge in [0.1, 0.15) is 5.75 Å². The topological polar surface area (TPSA) is 52.6 Å². The van der Waals surface area contributed by atoms with Gasteiger partial charge in [0.05, 0.1) is 20.1 Å². The first-order valence-corrected chi connectivity index (χ1v) is 7.74. The minimum atomic E-state index is -0.225. The fraction of sp³-hybridized carbons (Fsp3) is 0.368. The fourth-order valence-corrected chi connectivity index (χ4v) is 2.56. The average molecular weight is 314 g/mol. The number of hydrogen-bond acceptors (Lipinski definition) is 4. The summed E-state index contributed by atoms with van der Waals surface area (Å²) in [4.78, 5) is 23.6. The number of ketones is 1. The molecule has 122 valence electrons. The van der Waals surface area contributed by atoms with Crippen LogP contribution in [0, 0.1) is 5.92 Å². The van der Waals surface area contributed by atoms with Crippen molar-refractivity contribution in [2.24, 2.45) is 5.92 Å². The lowest BCUT2D eigenvalue weighted by Gasteiger charge is -2.08. The highest BCUT2D eigenvalue weighted by molar-refractivity contribution is 6.00. The second-order valence-corrected chi connectivity index (χ2v) is 5.67. The lowest BCUT2D eigenvalue weighted by Crippen LogP contribution is -2.13. The molecule has 0 N–H and O–H groups in total. The van der Waals surface area contributed by atoms with Gasteiger partial charge in [0.2, 0.25) is 0 Å². The van der Waals surface area contributed by atoms with E-state index >= 15 is 0 Å². The zero-order valence-corrected chi connectivity index (χ0v) is 13.8. The van der Waals surface area contributed by atoms with Crippen LogP contribution in [0.4, 0.5) is 0 Å². The third-order valence-corrected chi connectivity index (χ3v) is 4.01. The van der Waals surface area contributed by atoms with Crippen LogP contribution in [-0.2, 0) is 9.53 Å². The summed E-state index contributed by atoms with van der Waals surface area (Å²) < 4.78 is 9.89. The zero-order valence-electron chi connectivity index (χ0n) is 13.8. The number of esters is 1. The molecule has 0 radical (unpaired) electrons. The van der Waals surface area contributed by atoms with E-state index in [1.807, 2.05) is 43.3 Å². The number of Topliss-reactive ketones (excluding diaryl/α,β-unsaturated/α-hetero) is 1. The molecule has 4 nitrogen and oxygen atoms in total. The SMILES string of the molecule is COC(=O)[C@@H](C)CCCC(=O)c1ccc2cc(OC)ccc2c1. The second-order valence-electron chi connectivity index (χ2n) is 5.67. The van der Waals surface area contributed by atoms with Gasteiger partial charge in [-0.05, 0) is 41.8 Å².